The molecule has 1 saturated heterocycles. The van der Waals surface area contributed by atoms with E-state index in [4.69, 9.17) is 9.15 Å². The summed E-state index contributed by atoms with van der Waals surface area (Å²) < 4.78 is 10.3. The zero-order chi connectivity index (χ0) is 16.2. The van der Waals surface area contributed by atoms with Gasteiger partial charge in [-0.3, -0.25) is 9.59 Å². The van der Waals surface area contributed by atoms with Crippen LogP contribution >= 0.6 is 0 Å². The normalized spacial score (nSPS) is 18.0. The van der Waals surface area contributed by atoms with Crippen LogP contribution < -0.4 is 5.32 Å². The van der Waals surface area contributed by atoms with E-state index in [9.17, 15) is 9.59 Å². The lowest BCUT2D eigenvalue weighted by molar-refractivity contribution is -0.142. The Bertz CT molecular complexity index is 530. The Hall–Kier alpha value is -1.82. The molecule has 2 heterocycles. The van der Waals surface area contributed by atoms with Crippen LogP contribution in [0.4, 0.5) is 0 Å². The highest BCUT2D eigenvalue weighted by molar-refractivity contribution is 5.92. The predicted octanol–water partition coefficient (Wildman–Crippen LogP) is 1.60. The van der Waals surface area contributed by atoms with Crippen LogP contribution in [-0.2, 0) is 16.0 Å². The van der Waals surface area contributed by atoms with E-state index in [1.54, 1.807) is 12.1 Å². The molecule has 1 N–H and O–H groups in total. The van der Waals surface area contributed by atoms with Gasteiger partial charge in [0.05, 0.1) is 19.1 Å². The van der Waals surface area contributed by atoms with Gasteiger partial charge in [-0.25, -0.2) is 0 Å². The molecule has 0 saturated carbocycles. The zero-order valence-electron chi connectivity index (χ0n) is 13.5. The summed E-state index contributed by atoms with van der Waals surface area (Å²) in [5, 5.41) is 3.01. The number of hydrogen-bond acceptors (Lipinski definition) is 5. The molecule has 0 radical (unpaired) electrons. The number of likely N-dealkylation sites (tertiary alicyclic amines) is 1. The maximum atomic E-state index is 12.4. The molecule has 0 aliphatic carbocycles. The second kappa shape index (κ2) is 6.96. The van der Waals surface area contributed by atoms with E-state index < -0.39 is 5.54 Å². The third kappa shape index (κ3) is 3.88. The largest absolute Gasteiger partial charge is 0.469 e. The molecule has 1 fully saturated rings. The van der Waals surface area contributed by atoms with Gasteiger partial charge in [-0.15, -0.1) is 0 Å². The fourth-order valence-electron chi connectivity index (χ4n) is 2.73. The molecule has 0 aromatic carbocycles. The second-order valence-corrected chi connectivity index (χ2v) is 5.91. The quantitative estimate of drug-likeness (QED) is 0.837. The highest BCUT2D eigenvalue weighted by Gasteiger charge is 2.38. The standard InChI is InChI=1S/C16H24N2O4/c1-4-12-5-6-13(22-12)15(20)17-16(11-14(19)21-3)7-9-18(2)10-8-16/h5-6H,4,7-11H2,1-3H3,(H,17,20). The van der Waals surface area contributed by atoms with Crippen molar-refractivity contribution in [1.29, 1.82) is 0 Å². The first-order chi connectivity index (χ1) is 10.5. The van der Waals surface area contributed by atoms with Crippen molar-refractivity contribution in [2.24, 2.45) is 0 Å². The molecule has 22 heavy (non-hydrogen) atoms. The monoisotopic (exact) mass is 308 g/mol. The van der Waals surface area contributed by atoms with Gasteiger partial charge in [-0.2, -0.15) is 0 Å². The number of esters is 1. The Morgan fingerprint density at radius 3 is 2.59 bits per heavy atom. The van der Waals surface area contributed by atoms with Crippen molar-refractivity contribution in [3.63, 3.8) is 0 Å². The summed E-state index contributed by atoms with van der Waals surface area (Å²) >= 11 is 0. The Morgan fingerprint density at radius 2 is 2.05 bits per heavy atom. The highest BCUT2D eigenvalue weighted by atomic mass is 16.5. The summed E-state index contributed by atoms with van der Waals surface area (Å²) in [5.41, 5.74) is -0.560. The molecule has 6 heteroatoms. The number of nitrogens with one attached hydrogen (secondary N) is 1. The second-order valence-electron chi connectivity index (χ2n) is 5.91. The minimum Gasteiger partial charge on any atom is -0.469 e. The van der Waals surface area contributed by atoms with Crippen molar-refractivity contribution < 1.29 is 18.7 Å². The number of amides is 1. The van der Waals surface area contributed by atoms with E-state index in [1.165, 1.54) is 7.11 Å². The molecule has 0 spiro atoms. The number of carbonyl (C=O) groups is 2. The number of ether oxygens (including phenoxy) is 1. The van der Waals surface area contributed by atoms with E-state index >= 15 is 0 Å². The molecule has 1 aliphatic rings. The van der Waals surface area contributed by atoms with Crippen molar-refractivity contribution >= 4 is 11.9 Å². The number of furan rings is 1. The number of carbonyl (C=O) groups excluding carboxylic acids is 2. The van der Waals surface area contributed by atoms with Gasteiger partial charge in [0.15, 0.2) is 5.76 Å². The van der Waals surface area contributed by atoms with E-state index in [-0.39, 0.29) is 18.3 Å². The number of piperidine rings is 1. The van der Waals surface area contributed by atoms with Crippen LogP contribution in [0.25, 0.3) is 0 Å². The Labute approximate surface area is 130 Å². The van der Waals surface area contributed by atoms with Crippen molar-refractivity contribution in [2.75, 3.05) is 27.2 Å². The number of aryl methyl sites for hydroxylation is 1. The lowest BCUT2D eigenvalue weighted by atomic mass is 9.84. The molecule has 0 bridgehead atoms. The number of nitrogens with zero attached hydrogens (tertiary/aromatic N) is 1. The Balaban J connectivity index is 2.11. The third-order valence-electron chi connectivity index (χ3n) is 4.27. The first kappa shape index (κ1) is 16.5. The maximum Gasteiger partial charge on any atom is 0.307 e. The van der Waals surface area contributed by atoms with Crippen LogP contribution in [0.1, 0.15) is 42.5 Å². The predicted molar refractivity (Wildman–Crippen MR) is 81.6 cm³/mol. The summed E-state index contributed by atoms with van der Waals surface area (Å²) in [6, 6.07) is 3.48. The number of methoxy groups -OCH3 is 1. The average molecular weight is 308 g/mol. The van der Waals surface area contributed by atoms with Gasteiger partial charge in [-0.1, -0.05) is 6.92 Å². The van der Waals surface area contributed by atoms with Crippen molar-refractivity contribution in [1.82, 2.24) is 10.2 Å². The first-order valence-corrected chi connectivity index (χ1v) is 7.64. The molecule has 2 rings (SSSR count). The van der Waals surface area contributed by atoms with Gasteiger partial charge in [0.2, 0.25) is 0 Å². The number of hydrogen-bond donors (Lipinski definition) is 1. The van der Waals surface area contributed by atoms with Gasteiger partial charge in [0.1, 0.15) is 5.76 Å². The summed E-state index contributed by atoms with van der Waals surface area (Å²) in [7, 11) is 3.40. The van der Waals surface area contributed by atoms with E-state index in [2.05, 4.69) is 10.2 Å². The summed E-state index contributed by atoms with van der Waals surface area (Å²) in [6.07, 6.45) is 2.35. The van der Waals surface area contributed by atoms with Gasteiger partial charge in [-0.05, 0) is 32.0 Å². The molecular formula is C16H24N2O4. The summed E-state index contributed by atoms with van der Waals surface area (Å²) in [5.74, 6) is 0.488. The van der Waals surface area contributed by atoms with Crippen LogP contribution in [-0.4, -0.2) is 49.6 Å². The van der Waals surface area contributed by atoms with Gasteiger partial charge in [0, 0.05) is 19.5 Å². The van der Waals surface area contributed by atoms with Gasteiger partial charge < -0.3 is 19.4 Å². The minimum absolute atomic E-state index is 0.185. The van der Waals surface area contributed by atoms with Crippen LogP contribution in [0.2, 0.25) is 0 Å². The molecule has 122 valence electrons. The van der Waals surface area contributed by atoms with Crippen LogP contribution in [0, 0.1) is 0 Å². The summed E-state index contributed by atoms with van der Waals surface area (Å²) in [6.45, 7) is 3.63. The Morgan fingerprint density at radius 1 is 1.36 bits per heavy atom. The molecular weight excluding hydrogens is 284 g/mol. The fourth-order valence-corrected chi connectivity index (χ4v) is 2.73. The van der Waals surface area contributed by atoms with Gasteiger partial charge in [0.25, 0.3) is 5.91 Å². The average Bonchev–Trinajstić information content (AvgIpc) is 2.99. The maximum absolute atomic E-state index is 12.4. The van der Waals surface area contributed by atoms with Crippen molar-refractivity contribution in [3.05, 3.63) is 23.7 Å². The molecule has 0 atom stereocenters. The lowest BCUT2D eigenvalue weighted by Crippen LogP contribution is -2.55. The summed E-state index contributed by atoms with van der Waals surface area (Å²) in [4.78, 5) is 26.3. The molecule has 1 aromatic rings. The zero-order valence-corrected chi connectivity index (χ0v) is 13.5. The van der Waals surface area contributed by atoms with E-state index in [0.29, 0.717) is 18.6 Å². The third-order valence-corrected chi connectivity index (χ3v) is 4.27. The SMILES string of the molecule is CCc1ccc(C(=O)NC2(CC(=O)OC)CCN(C)CC2)o1. The fraction of sp³-hybridized carbons (Fsp3) is 0.625. The smallest absolute Gasteiger partial charge is 0.307 e. The van der Waals surface area contributed by atoms with E-state index in [1.807, 2.05) is 14.0 Å². The van der Waals surface area contributed by atoms with Crippen LogP contribution in [0.3, 0.4) is 0 Å². The van der Waals surface area contributed by atoms with Crippen LogP contribution in [0.15, 0.2) is 16.5 Å². The van der Waals surface area contributed by atoms with Crippen molar-refractivity contribution in [3.8, 4) is 0 Å². The minimum atomic E-state index is -0.560. The number of rotatable bonds is 5. The van der Waals surface area contributed by atoms with Crippen LogP contribution in [0.5, 0.6) is 0 Å². The molecule has 1 amide bonds. The Kier molecular flexibility index (Phi) is 5.24. The molecule has 0 unspecified atom stereocenters. The van der Waals surface area contributed by atoms with Crippen molar-refractivity contribution in [2.45, 2.75) is 38.1 Å². The molecule has 6 nitrogen and oxygen atoms in total. The molecule has 1 aromatic heterocycles. The topological polar surface area (TPSA) is 71.8 Å². The molecule has 1 aliphatic heterocycles. The van der Waals surface area contributed by atoms with E-state index in [0.717, 1.165) is 25.3 Å². The van der Waals surface area contributed by atoms with Gasteiger partial charge >= 0.3 is 5.97 Å². The lowest BCUT2D eigenvalue weighted by Gasteiger charge is -2.40. The first-order valence-electron chi connectivity index (χ1n) is 7.64. The highest BCUT2D eigenvalue weighted by Crippen LogP contribution is 2.26.